The Morgan fingerprint density at radius 3 is 2.84 bits per heavy atom. The molecule has 160 valence electrons. The molecule has 6 nitrogen and oxygen atoms in total. The molecular formula is C23H23ClFN5O. The number of nitrogens with one attached hydrogen (secondary N) is 2. The lowest BCUT2D eigenvalue weighted by Crippen LogP contribution is -2.25. The third kappa shape index (κ3) is 4.66. The predicted molar refractivity (Wildman–Crippen MR) is 119 cm³/mol. The molecule has 0 atom stereocenters. The van der Waals surface area contributed by atoms with Gasteiger partial charge in [0, 0.05) is 35.7 Å². The van der Waals surface area contributed by atoms with E-state index in [0.29, 0.717) is 34.6 Å². The van der Waals surface area contributed by atoms with Crippen LogP contribution in [-0.2, 0) is 0 Å². The molecule has 1 saturated carbocycles. The van der Waals surface area contributed by atoms with Crippen LogP contribution in [0.15, 0.2) is 42.9 Å². The highest BCUT2D eigenvalue weighted by Crippen LogP contribution is 2.40. The van der Waals surface area contributed by atoms with E-state index in [1.54, 1.807) is 18.5 Å². The summed E-state index contributed by atoms with van der Waals surface area (Å²) in [5.41, 5.74) is 2.19. The number of hydrogen-bond donors (Lipinski definition) is 2. The quantitative estimate of drug-likeness (QED) is 0.509. The Bertz CT molecular complexity index is 1100. The number of amides is 1. The van der Waals surface area contributed by atoms with Crippen molar-refractivity contribution in [2.75, 3.05) is 11.9 Å². The van der Waals surface area contributed by atoms with E-state index in [1.807, 2.05) is 6.92 Å². The highest BCUT2D eigenvalue weighted by molar-refractivity contribution is 6.30. The van der Waals surface area contributed by atoms with E-state index in [9.17, 15) is 9.18 Å². The van der Waals surface area contributed by atoms with Gasteiger partial charge in [-0.2, -0.15) is 0 Å². The van der Waals surface area contributed by atoms with Gasteiger partial charge in [-0.3, -0.25) is 9.78 Å². The summed E-state index contributed by atoms with van der Waals surface area (Å²) in [6.07, 6.45) is 8.95. The smallest absolute Gasteiger partial charge is 0.254 e. The molecule has 0 unspecified atom stereocenters. The zero-order valence-electron chi connectivity index (χ0n) is 17.2. The lowest BCUT2D eigenvalue weighted by atomic mass is 9.80. The normalized spacial score (nSPS) is 13.5. The van der Waals surface area contributed by atoms with Gasteiger partial charge >= 0.3 is 0 Å². The molecule has 1 aliphatic rings. The van der Waals surface area contributed by atoms with Crippen LogP contribution in [-0.4, -0.2) is 27.4 Å². The number of rotatable bonds is 7. The van der Waals surface area contributed by atoms with Crippen molar-refractivity contribution < 1.29 is 9.18 Å². The van der Waals surface area contributed by atoms with E-state index in [0.717, 1.165) is 31.2 Å². The molecule has 1 amide bonds. The molecule has 3 aromatic rings. The number of aromatic nitrogens is 3. The SMILES string of the molecule is CCCNC(=O)c1cnccc1Nc1nc(-c2cc(Cl)ccc2F)ncc1C1CCC1. The van der Waals surface area contributed by atoms with Crippen molar-refractivity contribution in [1.82, 2.24) is 20.3 Å². The Kier molecular flexibility index (Phi) is 6.42. The minimum Gasteiger partial charge on any atom is -0.352 e. The maximum atomic E-state index is 14.4. The van der Waals surface area contributed by atoms with Gasteiger partial charge in [0.2, 0.25) is 0 Å². The molecule has 0 saturated heterocycles. The third-order valence-corrected chi connectivity index (χ3v) is 5.62. The molecule has 1 fully saturated rings. The first kappa shape index (κ1) is 21.2. The molecule has 1 aromatic carbocycles. The standard InChI is InChI=1S/C23H23ClFN5O/c1-2-9-27-23(31)18-12-26-10-8-20(18)29-22-17(14-4-3-5-14)13-28-21(30-22)16-11-15(24)6-7-19(16)25/h6-8,10-14H,2-5,9H2,1H3,(H,27,31)(H,26,28,29,30). The predicted octanol–water partition coefficient (Wildman–Crippen LogP) is 5.48. The number of hydrogen-bond acceptors (Lipinski definition) is 5. The molecule has 0 radical (unpaired) electrons. The van der Waals surface area contributed by atoms with Crippen molar-refractivity contribution >= 4 is 29.0 Å². The van der Waals surface area contributed by atoms with Crippen LogP contribution in [0, 0.1) is 5.82 Å². The molecule has 2 heterocycles. The molecule has 1 aliphatic carbocycles. The largest absolute Gasteiger partial charge is 0.352 e. The first-order valence-corrected chi connectivity index (χ1v) is 10.8. The molecule has 2 aromatic heterocycles. The number of pyridine rings is 1. The fourth-order valence-electron chi connectivity index (χ4n) is 3.45. The Morgan fingerprint density at radius 1 is 1.26 bits per heavy atom. The molecule has 0 bridgehead atoms. The van der Waals surface area contributed by atoms with Gasteiger partial charge in [-0.1, -0.05) is 24.9 Å². The van der Waals surface area contributed by atoms with Crippen LogP contribution in [0.3, 0.4) is 0 Å². The minimum atomic E-state index is -0.449. The molecule has 2 N–H and O–H groups in total. The molecule has 0 spiro atoms. The topological polar surface area (TPSA) is 79.8 Å². The fraction of sp³-hybridized carbons (Fsp3) is 0.304. The van der Waals surface area contributed by atoms with Crippen molar-refractivity contribution in [3.63, 3.8) is 0 Å². The van der Waals surface area contributed by atoms with Crippen molar-refractivity contribution in [2.24, 2.45) is 0 Å². The highest BCUT2D eigenvalue weighted by Gasteiger charge is 2.25. The van der Waals surface area contributed by atoms with Gasteiger partial charge < -0.3 is 10.6 Å². The summed E-state index contributed by atoms with van der Waals surface area (Å²) in [6, 6.07) is 6.02. The van der Waals surface area contributed by atoms with Gasteiger partial charge in [0.25, 0.3) is 5.91 Å². The zero-order chi connectivity index (χ0) is 21.8. The molecule has 8 heteroatoms. The van der Waals surface area contributed by atoms with Crippen LogP contribution in [0.1, 0.15) is 54.4 Å². The zero-order valence-corrected chi connectivity index (χ0v) is 17.9. The Balaban J connectivity index is 1.73. The van der Waals surface area contributed by atoms with Crippen molar-refractivity contribution in [2.45, 2.75) is 38.5 Å². The van der Waals surface area contributed by atoms with E-state index in [1.165, 1.54) is 24.4 Å². The fourth-order valence-corrected chi connectivity index (χ4v) is 3.63. The Labute approximate surface area is 185 Å². The summed E-state index contributed by atoms with van der Waals surface area (Å²) in [6.45, 7) is 2.57. The second-order valence-electron chi connectivity index (χ2n) is 7.55. The van der Waals surface area contributed by atoms with Gasteiger partial charge in [-0.25, -0.2) is 14.4 Å². The van der Waals surface area contributed by atoms with Crippen LogP contribution in [0.2, 0.25) is 5.02 Å². The monoisotopic (exact) mass is 439 g/mol. The number of nitrogens with zero attached hydrogens (tertiary/aromatic N) is 3. The van der Waals surface area contributed by atoms with Crippen LogP contribution in [0.4, 0.5) is 15.9 Å². The van der Waals surface area contributed by atoms with Crippen LogP contribution in [0.25, 0.3) is 11.4 Å². The van der Waals surface area contributed by atoms with E-state index in [2.05, 4.69) is 25.6 Å². The van der Waals surface area contributed by atoms with Gasteiger partial charge in [-0.15, -0.1) is 0 Å². The number of anilines is 2. The average molecular weight is 440 g/mol. The minimum absolute atomic E-state index is 0.210. The van der Waals surface area contributed by atoms with Crippen molar-refractivity contribution in [3.05, 3.63) is 64.8 Å². The van der Waals surface area contributed by atoms with E-state index >= 15 is 0 Å². The third-order valence-electron chi connectivity index (χ3n) is 5.39. The lowest BCUT2D eigenvalue weighted by molar-refractivity contribution is 0.0954. The molecule has 0 aliphatic heterocycles. The summed E-state index contributed by atoms with van der Waals surface area (Å²) < 4.78 is 14.4. The van der Waals surface area contributed by atoms with Crippen LogP contribution in [0.5, 0.6) is 0 Å². The summed E-state index contributed by atoms with van der Waals surface area (Å²) in [4.78, 5) is 25.7. The number of carbonyl (C=O) groups excluding carboxylic acids is 1. The van der Waals surface area contributed by atoms with Crippen molar-refractivity contribution in [1.29, 1.82) is 0 Å². The van der Waals surface area contributed by atoms with Gasteiger partial charge in [0.15, 0.2) is 5.82 Å². The molecule has 4 rings (SSSR count). The lowest BCUT2D eigenvalue weighted by Gasteiger charge is -2.27. The summed E-state index contributed by atoms with van der Waals surface area (Å²) in [7, 11) is 0. The average Bonchev–Trinajstić information content (AvgIpc) is 2.74. The Hall–Kier alpha value is -3.06. The van der Waals surface area contributed by atoms with Crippen molar-refractivity contribution in [3.8, 4) is 11.4 Å². The summed E-state index contributed by atoms with van der Waals surface area (Å²) >= 11 is 6.06. The van der Waals surface area contributed by atoms with Crippen LogP contribution >= 0.6 is 11.6 Å². The first-order valence-electron chi connectivity index (χ1n) is 10.4. The van der Waals surface area contributed by atoms with Gasteiger partial charge in [0.05, 0.1) is 16.8 Å². The molecular weight excluding hydrogens is 417 g/mol. The number of halogens is 2. The second kappa shape index (κ2) is 9.39. The maximum Gasteiger partial charge on any atom is 0.254 e. The van der Waals surface area contributed by atoms with E-state index < -0.39 is 5.82 Å². The van der Waals surface area contributed by atoms with E-state index in [4.69, 9.17) is 11.6 Å². The van der Waals surface area contributed by atoms with E-state index in [-0.39, 0.29) is 17.3 Å². The number of carbonyl (C=O) groups is 1. The highest BCUT2D eigenvalue weighted by atomic mass is 35.5. The number of benzene rings is 1. The summed E-state index contributed by atoms with van der Waals surface area (Å²) in [5.74, 6) is 0.467. The van der Waals surface area contributed by atoms with Gasteiger partial charge in [-0.05, 0) is 49.4 Å². The molecule has 31 heavy (non-hydrogen) atoms. The second-order valence-corrected chi connectivity index (χ2v) is 7.99. The van der Waals surface area contributed by atoms with Gasteiger partial charge in [0.1, 0.15) is 11.6 Å². The Morgan fingerprint density at radius 2 is 2.10 bits per heavy atom. The summed E-state index contributed by atoms with van der Waals surface area (Å²) in [5, 5.41) is 6.56. The first-order chi connectivity index (χ1) is 15.1. The van der Waals surface area contributed by atoms with Crippen LogP contribution < -0.4 is 10.6 Å². The maximum absolute atomic E-state index is 14.4.